The molecular formula is C10H14Cl2N2. The van der Waals surface area contributed by atoms with Crippen LogP contribution >= 0.6 is 23.2 Å². The van der Waals surface area contributed by atoms with Crippen molar-refractivity contribution in [3.8, 4) is 0 Å². The Morgan fingerprint density at radius 1 is 1.29 bits per heavy atom. The molecule has 2 nitrogen and oxygen atoms in total. The Labute approximate surface area is 94.4 Å². The first-order valence-electron chi connectivity index (χ1n) is 4.49. The molecule has 0 heterocycles. The third-order valence-electron chi connectivity index (χ3n) is 1.75. The van der Waals surface area contributed by atoms with E-state index in [1.165, 1.54) is 0 Å². The molecule has 0 aliphatic rings. The fraction of sp³-hybridized carbons (Fsp3) is 0.400. The van der Waals surface area contributed by atoms with Gasteiger partial charge in [0.15, 0.2) is 0 Å². The molecule has 0 amide bonds. The zero-order chi connectivity index (χ0) is 10.7. The Morgan fingerprint density at radius 3 is 2.21 bits per heavy atom. The normalized spacial score (nSPS) is 10.6. The molecule has 0 fully saturated rings. The van der Waals surface area contributed by atoms with Crippen LogP contribution in [-0.4, -0.2) is 6.54 Å². The minimum Gasteiger partial charge on any atom is -0.399 e. The molecule has 0 bridgehead atoms. The molecule has 0 aliphatic carbocycles. The van der Waals surface area contributed by atoms with Crippen molar-refractivity contribution in [3.05, 3.63) is 22.2 Å². The van der Waals surface area contributed by atoms with E-state index in [1.54, 1.807) is 12.1 Å². The maximum absolute atomic E-state index is 5.99. The number of nitrogen functional groups attached to an aromatic ring is 1. The smallest absolute Gasteiger partial charge is 0.0720 e. The second-order valence-corrected chi connectivity index (χ2v) is 4.45. The van der Waals surface area contributed by atoms with E-state index in [0.29, 0.717) is 21.7 Å². The van der Waals surface area contributed by atoms with Crippen molar-refractivity contribution < 1.29 is 0 Å². The molecule has 0 unspecified atom stereocenters. The lowest BCUT2D eigenvalue weighted by atomic mass is 10.2. The van der Waals surface area contributed by atoms with Crippen molar-refractivity contribution in [2.45, 2.75) is 13.8 Å². The second kappa shape index (κ2) is 4.76. The highest BCUT2D eigenvalue weighted by Crippen LogP contribution is 2.32. The molecule has 1 aromatic rings. The molecule has 0 radical (unpaired) electrons. The maximum atomic E-state index is 5.99. The molecule has 0 saturated heterocycles. The van der Waals surface area contributed by atoms with Crippen molar-refractivity contribution >= 4 is 34.6 Å². The Balaban J connectivity index is 2.86. The van der Waals surface area contributed by atoms with E-state index in [2.05, 4.69) is 19.2 Å². The van der Waals surface area contributed by atoms with Gasteiger partial charge in [-0.15, -0.1) is 0 Å². The van der Waals surface area contributed by atoms with Gasteiger partial charge in [-0.3, -0.25) is 0 Å². The SMILES string of the molecule is CC(C)CNc1c(Cl)cc(N)cc1Cl. The summed E-state index contributed by atoms with van der Waals surface area (Å²) in [6, 6.07) is 3.38. The Bertz CT molecular complexity index is 301. The van der Waals surface area contributed by atoms with Crippen molar-refractivity contribution in [1.29, 1.82) is 0 Å². The van der Waals surface area contributed by atoms with Crippen molar-refractivity contribution in [2.24, 2.45) is 5.92 Å². The first-order chi connectivity index (χ1) is 6.50. The van der Waals surface area contributed by atoms with Gasteiger partial charge in [0.2, 0.25) is 0 Å². The number of halogens is 2. The van der Waals surface area contributed by atoms with E-state index in [-0.39, 0.29) is 0 Å². The van der Waals surface area contributed by atoms with E-state index >= 15 is 0 Å². The van der Waals surface area contributed by atoms with Crippen LogP contribution in [0.25, 0.3) is 0 Å². The first kappa shape index (κ1) is 11.5. The van der Waals surface area contributed by atoms with Gasteiger partial charge in [-0.2, -0.15) is 0 Å². The highest BCUT2D eigenvalue weighted by Gasteiger charge is 2.06. The van der Waals surface area contributed by atoms with Gasteiger partial charge in [-0.25, -0.2) is 0 Å². The molecule has 78 valence electrons. The zero-order valence-corrected chi connectivity index (χ0v) is 9.78. The number of rotatable bonds is 3. The molecule has 0 aromatic heterocycles. The largest absolute Gasteiger partial charge is 0.399 e. The third kappa shape index (κ3) is 2.96. The number of benzene rings is 1. The van der Waals surface area contributed by atoms with Crippen LogP contribution in [0.3, 0.4) is 0 Å². The zero-order valence-electron chi connectivity index (χ0n) is 8.27. The van der Waals surface area contributed by atoms with E-state index in [9.17, 15) is 0 Å². The highest BCUT2D eigenvalue weighted by atomic mass is 35.5. The first-order valence-corrected chi connectivity index (χ1v) is 5.24. The molecule has 0 spiro atoms. The van der Waals surface area contributed by atoms with Crippen LogP contribution in [0.15, 0.2) is 12.1 Å². The molecular weight excluding hydrogens is 219 g/mol. The number of nitrogens with one attached hydrogen (secondary N) is 1. The third-order valence-corrected chi connectivity index (χ3v) is 2.35. The summed E-state index contributed by atoms with van der Waals surface area (Å²) in [7, 11) is 0. The van der Waals surface area contributed by atoms with Gasteiger partial charge in [-0.05, 0) is 18.1 Å². The van der Waals surface area contributed by atoms with Gasteiger partial charge >= 0.3 is 0 Å². The molecule has 4 heteroatoms. The summed E-state index contributed by atoms with van der Waals surface area (Å²) in [6.45, 7) is 5.07. The molecule has 3 N–H and O–H groups in total. The Hall–Kier alpha value is -0.600. The van der Waals surface area contributed by atoms with Gasteiger partial charge in [0.1, 0.15) is 0 Å². The fourth-order valence-electron chi connectivity index (χ4n) is 1.07. The Kier molecular flexibility index (Phi) is 3.90. The summed E-state index contributed by atoms with van der Waals surface area (Å²) in [5.41, 5.74) is 6.93. The average Bonchev–Trinajstić information content (AvgIpc) is 2.01. The molecule has 14 heavy (non-hydrogen) atoms. The monoisotopic (exact) mass is 232 g/mol. The molecule has 0 atom stereocenters. The average molecular weight is 233 g/mol. The van der Waals surface area contributed by atoms with E-state index in [1.807, 2.05) is 0 Å². The van der Waals surface area contributed by atoms with Crippen LogP contribution in [0, 0.1) is 5.92 Å². The summed E-state index contributed by atoms with van der Waals surface area (Å²) in [5, 5.41) is 4.32. The minimum atomic E-state index is 0.541. The second-order valence-electron chi connectivity index (χ2n) is 3.63. The summed E-state index contributed by atoms with van der Waals surface area (Å²) in [5.74, 6) is 0.541. The van der Waals surface area contributed by atoms with Crippen molar-refractivity contribution in [3.63, 3.8) is 0 Å². The van der Waals surface area contributed by atoms with Crippen molar-refractivity contribution in [2.75, 3.05) is 17.6 Å². The molecule has 0 saturated carbocycles. The number of nitrogens with two attached hydrogens (primary N) is 1. The molecule has 1 rings (SSSR count). The maximum Gasteiger partial charge on any atom is 0.0720 e. The lowest BCUT2D eigenvalue weighted by Crippen LogP contribution is -2.08. The van der Waals surface area contributed by atoms with Gasteiger partial charge in [0.25, 0.3) is 0 Å². The highest BCUT2D eigenvalue weighted by molar-refractivity contribution is 6.39. The van der Waals surface area contributed by atoms with Crippen LogP contribution in [-0.2, 0) is 0 Å². The van der Waals surface area contributed by atoms with Crippen LogP contribution in [0.4, 0.5) is 11.4 Å². The van der Waals surface area contributed by atoms with Gasteiger partial charge in [0.05, 0.1) is 15.7 Å². The standard InChI is InChI=1S/C10H14Cl2N2/c1-6(2)5-14-10-8(11)3-7(13)4-9(10)12/h3-4,6,14H,5,13H2,1-2H3. The fourth-order valence-corrected chi connectivity index (χ4v) is 1.71. The predicted octanol–water partition coefficient (Wildman–Crippen LogP) is 3.64. The molecule has 1 aromatic carbocycles. The van der Waals surface area contributed by atoms with Crippen LogP contribution in [0.1, 0.15) is 13.8 Å². The van der Waals surface area contributed by atoms with Gasteiger partial charge in [0, 0.05) is 12.2 Å². The summed E-state index contributed by atoms with van der Waals surface area (Å²) in [6.07, 6.45) is 0. The minimum absolute atomic E-state index is 0.541. The van der Waals surface area contributed by atoms with Crippen LogP contribution < -0.4 is 11.1 Å². The van der Waals surface area contributed by atoms with E-state index in [0.717, 1.165) is 12.2 Å². The van der Waals surface area contributed by atoms with Crippen LogP contribution in [0.2, 0.25) is 10.0 Å². The van der Waals surface area contributed by atoms with Gasteiger partial charge in [-0.1, -0.05) is 37.0 Å². The van der Waals surface area contributed by atoms with Crippen molar-refractivity contribution in [1.82, 2.24) is 0 Å². The number of hydrogen-bond acceptors (Lipinski definition) is 2. The lowest BCUT2D eigenvalue weighted by molar-refractivity contribution is 0.689. The van der Waals surface area contributed by atoms with Crippen LogP contribution in [0.5, 0.6) is 0 Å². The summed E-state index contributed by atoms with van der Waals surface area (Å²) in [4.78, 5) is 0. The quantitative estimate of drug-likeness (QED) is 0.782. The van der Waals surface area contributed by atoms with E-state index < -0.39 is 0 Å². The summed E-state index contributed by atoms with van der Waals surface area (Å²) < 4.78 is 0. The molecule has 0 aliphatic heterocycles. The topological polar surface area (TPSA) is 38.0 Å². The number of anilines is 2. The van der Waals surface area contributed by atoms with Gasteiger partial charge < -0.3 is 11.1 Å². The predicted molar refractivity (Wildman–Crippen MR) is 64.2 cm³/mol. The van der Waals surface area contributed by atoms with E-state index in [4.69, 9.17) is 28.9 Å². The number of hydrogen-bond donors (Lipinski definition) is 2. The summed E-state index contributed by atoms with van der Waals surface area (Å²) >= 11 is 12.0. The Morgan fingerprint density at radius 2 is 1.79 bits per heavy atom. The lowest BCUT2D eigenvalue weighted by Gasteiger charge is -2.12.